The average molecular weight is 281 g/mol. The van der Waals surface area contributed by atoms with E-state index in [4.69, 9.17) is 9.84 Å². The molecule has 2 rings (SSSR count). The fourth-order valence-corrected chi connectivity index (χ4v) is 2.76. The molecule has 0 spiro atoms. The minimum atomic E-state index is -0.554. The summed E-state index contributed by atoms with van der Waals surface area (Å²) in [5.74, 6) is -0.606. The third-order valence-electron chi connectivity index (χ3n) is 3.74. The molecule has 20 heavy (non-hydrogen) atoms. The number of hydrogen-bond acceptors (Lipinski definition) is 3. The minimum Gasteiger partial charge on any atom is -0.496 e. The molecule has 1 aromatic rings. The molecule has 1 N–H and O–H groups in total. The zero-order chi connectivity index (χ0) is 14.5. The van der Waals surface area contributed by atoms with Crippen molar-refractivity contribution in [3.8, 4) is 5.75 Å². The van der Waals surface area contributed by atoms with Gasteiger partial charge in [0.1, 0.15) is 17.1 Å². The lowest BCUT2D eigenvalue weighted by molar-refractivity contribution is 0.0716. The van der Waals surface area contributed by atoms with Crippen molar-refractivity contribution in [2.24, 2.45) is 0 Å². The van der Waals surface area contributed by atoms with Gasteiger partial charge in [-0.1, -0.05) is 6.07 Å². The van der Waals surface area contributed by atoms with Crippen LogP contribution in [0.25, 0.3) is 0 Å². The number of ether oxygens (including phenoxy) is 1. The zero-order valence-corrected chi connectivity index (χ0v) is 11.6. The molecule has 1 aromatic carbocycles. The van der Waals surface area contributed by atoms with Crippen LogP contribution in [0.2, 0.25) is 0 Å². The molecule has 0 bridgehead atoms. The van der Waals surface area contributed by atoms with Gasteiger partial charge in [0.15, 0.2) is 0 Å². The number of carbonyl (C=O) groups is 1. The Labute approximate surface area is 118 Å². The molecule has 0 saturated carbocycles. The molecule has 110 valence electrons. The van der Waals surface area contributed by atoms with E-state index in [0.29, 0.717) is 13.0 Å². The number of methoxy groups -OCH3 is 1. The molecule has 5 heteroatoms. The first kappa shape index (κ1) is 14.8. The molecule has 0 aliphatic carbocycles. The molecular weight excluding hydrogens is 261 g/mol. The second-order valence-electron chi connectivity index (χ2n) is 4.98. The predicted molar refractivity (Wildman–Crippen MR) is 73.3 cm³/mol. The van der Waals surface area contributed by atoms with Gasteiger partial charge in [-0.2, -0.15) is 0 Å². The highest BCUT2D eigenvalue weighted by Gasteiger charge is 2.31. The van der Waals surface area contributed by atoms with E-state index in [2.05, 4.69) is 0 Å². The molecule has 4 nitrogen and oxygen atoms in total. The molecule has 1 fully saturated rings. The van der Waals surface area contributed by atoms with Crippen LogP contribution in [0.3, 0.4) is 0 Å². The maximum atomic E-state index is 14.0. The summed E-state index contributed by atoms with van der Waals surface area (Å²) in [5.41, 5.74) is 0.00546. The number of likely N-dealkylation sites (tertiary alicyclic amines) is 1. The second kappa shape index (κ2) is 6.70. The standard InChI is InChI=1S/C15H20FNO3/c1-20-13-8-2-7-12(16)14(13)15(19)17-9-3-5-11(17)6-4-10-18/h2,7-8,11,18H,3-6,9-10H2,1H3. The summed E-state index contributed by atoms with van der Waals surface area (Å²) in [7, 11) is 1.43. The van der Waals surface area contributed by atoms with Gasteiger partial charge in [-0.3, -0.25) is 4.79 Å². The minimum absolute atomic E-state index is 0.00546. The first-order valence-electron chi connectivity index (χ1n) is 6.93. The number of aliphatic hydroxyl groups excluding tert-OH is 1. The molecule has 1 saturated heterocycles. The smallest absolute Gasteiger partial charge is 0.260 e. The summed E-state index contributed by atoms with van der Waals surface area (Å²) in [6.45, 7) is 0.744. The van der Waals surface area contributed by atoms with Gasteiger partial charge in [0.25, 0.3) is 5.91 Å². The van der Waals surface area contributed by atoms with Gasteiger partial charge >= 0.3 is 0 Å². The molecule has 1 heterocycles. The van der Waals surface area contributed by atoms with Crippen molar-refractivity contribution >= 4 is 5.91 Å². The van der Waals surface area contributed by atoms with Crippen molar-refractivity contribution in [3.05, 3.63) is 29.6 Å². The molecular formula is C15H20FNO3. The Morgan fingerprint density at radius 2 is 2.35 bits per heavy atom. The maximum Gasteiger partial charge on any atom is 0.260 e. The van der Waals surface area contributed by atoms with E-state index in [9.17, 15) is 9.18 Å². The third-order valence-corrected chi connectivity index (χ3v) is 3.74. The fraction of sp³-hybridized carbons (Fsp3) is 0.533. The Kier molecular flexibility index (Phi) is 4.95. The van der Waals surface area contributed by atoms with Crippen molar-refractivity contribution in [1.82, 2.24) is 4.90 Å². The van der Waals surface area contributed by atoms with E-state index in [1.165, 1.54) is 19.2 Å². The molecule has 1 amide bonds. The first-order chi connectivity index (χ1) is 9.69. The second-order valence-corrected chi connectivity index (χ2v) is 4.98. The summed E-state index contributed by atoms with van der Waals surface area (Å²) >= 11 is 0. The van der Waals surface area contributed by atoms with Crippen LogP contribution in [-0.4, -0.2) is 42.2 Å². The number of rotatable bonds is 5. The van der Waals surface area contributed by atoms with Gasteiger partial charge in [-0.15, -0.1) is 0 Å². The normalized spacial score (nSPS) is 18.4. The number of halogens is 1. The Morgan fingerprint density at radius 3 is 3.05 bits per heavy atom. The summed E-state index contributed by atoms with van der Waals surface area (Å²) in [6.07, 6.45) is 3.23. The van der Waals surface area contributed by atoms with Gasteiger partial charge in [0.2, 0.25) is 0 Å². The van der Waals surface area contributed by atoms with Gasteiger partial charge in [-0.25, -0.2) is 4.39 Å². The highest BCUT2D eigenvalue weighted by molar-refractivity contribution is 5.97. The summed E-state index contributed by atoms with van der Waals surface area (Å²) < 4.78 is 19.0. The SMILES string of the molecule is COc1cccc(F)c1C(=O)N1CCCC1CCCO. The van der Waals surface area contributed by atoms with Crippen LogP contribution in [0.5, 0.6) is 5.75 Å². The van der Waals surface area contributed by atoms with Crippen molar-refractivity contribution in [2.75, 3.05) is 20.3 Å². The predicted octanol–water partition coefficient (Wildman–Crippen LogP) is 2.21. The van der Waals surface area contributed by atoms with Crippen LogP contribution in [0.15, 0.2) is 18.2 Å². The number of hydrogen-bond donors (Lipinski definition) is 1. The number of carbonyl (C=O) groups excluding carboxylic acids is 1. The van der Waals surface area contributed by atoms with Crippen molar-refractivity contribution < 1.29 is 19.0 Å². The quantitative estimate of drug-likeness (QED) is 0.900. The Balaban J connectivity index is 2.22. The molecule has 0 radical (unpaired) electrons. The molecule has 1 aliphatic heterocycles. The van der Waals surface area contributed by atoms with E-state index in [1.807, 2.05) is 0 Å². The fourth-order valence-electron chi connectivity index (χ4n) is 2.76. The first-order valence-corrected chi connectivity index (χ1v) is 6.93. The molecule has 1 unspecified atom stereocenters. The van der Waals surface area contributed by atoms with Gasteiger partial charge in [0, 0.05) is 19.2 Å². The summed E-state index contributed by atoms with van der Waals surface area (Å²) in [4.78, 5) is 14.3. The highest BCUT2D eigenvalue weighted by Crippen LogP contribution is 2.28. The topological polar surface area (TPSA) is 49.8 Å². The monoisotopic (exact) mass is 281 g/mol. The number of aliphatic hydroxyl groups is 1. The highest BCUT2D eigenvalue weighted by atomic mass is 19.1. The van der Waals surface area contributed by atoms with E-state index < -0.39 is 5.82 Å². The van der Waals surface area contributed by atoms with E-state index in [1.54, 1.807) is 11.0 Å². The largest absolute Gasteiger partial charge is 0.496 e. The molecule has 1 aliphatic rings. The van der Waals surface area contributed by atoms with E-state index in [-0.39, 0.29) is 29.9 Å². The molecule has 1 atom stereocenters. The Bertz CT molecular complexity index is 478. The van der Waals surface area contributed by atoms with Gasteiger partial charge in [-0.05, 0) is 37.8 Å². The Morgan fingerprint density at radius 1 is 1.55 bits per heavy atom. The van der Waals surface area contributed by atoms with E-state index in [0.717, 1.165) is 19.3 Å². The van der Waals surface area contributed by atoms with Crippen LogP contribution in [-0.2, 0) is 0 Å². The third kappa shape index (κ3) is 2.93. The van der Waals surface area contributed by atoms with E-state index >= 15 is 0 Å². The van der Waals surface area contributed by atoms with Crippen molar-refractivity contribution in [1.29, 1.82) is 0 Å². The van der Waals surface area contributed by atoms with Crippen LogP contribution >= 0.6 is 0 Å². The summed E-state index contributed by atoms with van der Waals surface area (Å²) in [5, 5.41) is 8.91. The lowest BCUT2D eigenvalue weighted by Gasteiger charge is -2.25. The lowest BCUT2D eigenvalue weighted by atomic mass is 10.1. The van der Waals surface area contributed by atoms with Crippen LogP contribution in [0.1, 0.15) is 36.0 Å². The summed E-state index contributed by atoms with van der Waals surface area (Å²) in [6, 6.07) is 4.47. The van der Waals surface area contributed by atoms with Crippen LogP contribution in [0.4, 0.5) is 4.39 Å². The maximum absolute atomic E-state index is 14.0. The van der Waals surface area contributed by atoms with Crippen molar-refractivity contribution in [2.45, 2.75) is 31.7 Å². The Hall–Kier alpha value is -1.62. The number of amides is 1. The number of benzene rings is 1. The molecule has 0 aromatic heterocycles. The van der Waals surface area contributed by atoms with Gasteiger partial charge < -0.3 is 14.7 Å². The van der Waals surface area contributed by atoms with Crippen LogP contribution in [0, 0.1) is 5.82 Å². The van der Waals surface area contributed by atoms with Crippen LogP contribution < -0.4 is 4.74 Å². The lowest BCUT2D eigenvalue weighted by Crippen LogP contribution is -2.36. The van der Waals surface area contributed by atoms with Gasteiger partial charge in [0.05, 0.1) is 7.11 Å². The zero-order valence-electron chi connectivity index (χ0n) is 11.6. The average Bonchev–Trinajstić information content (AvgIpc) is 2.92. The van der Waals surface area contributed by atoms with Crippen molar-refractivity contribution in [3.63, 3.8) is 0 Å². The number of nitrogens with zero attached hydrogens (tertiary/aromatic N) is 1.